The van der Waals surface area contributed by atoms with Gasteiger partial charge in [-0.25, -0.2) is 9.67 Å². The van der Waals surface area contributed by atoms with E-state index in [9.17, 15) is 5.11 Å². The Morgan fingerprint density at radius 2 is 1.89 bits per heavy atom. The molecule has 0 saturated carbocycles. The van der Waals surface area contributed by atoms with Gasteiger partial charge in [0.05, 0.1) is 6.67 Å². The Bertz CT molecular complexity index is 519. The van der Waals surface area contributed by atoms with Crippen molar-refractivity contribution in [2.45, 2.75) is 25.6 Å². The smallest absolute Gasteiger partial charge is 0.161 e. The Labute approximate surface area is 112 Å². The van der Waals surface area contributed by atoms with Gasteiger partial charge in [0, 0.05) is 0 Å². The minimum Gasteiger partial charge on any atom is -0.380 e. The van der Waals surface area contributed by atoms with Gasteiger partial charge in [-0.3, -0.25) is 4.90 Å². The van der Waals surface area contributed by atoms with Crippen LogP contribution in [0.15, 0.2) is 36.7 Å². The first kappa shape index (κ1) is 12.3. The maximum atomic E-state index is 10.4. The second kappa shape index (κ2) is 5.50. The van der Waals surface area contributed by atoms with E-state index in [0.717, 1.165) is 18.7 Å². The normalized spacial score (nSPS) is 17.7. The molecule has 0 amide bonds. The van der Waals surface area contributed by atoms with E-state index in [1.165, 1.54) is 19.2 Å². The molecule has 3 rings (SSSR count). The lowest BCUT2D eigenvalue weighted by molar-refractivity contribution is 0.184. The number of benzene rings is 1. The van der Waals surface area contributed by atoms with Crippen molar-refractivity contribution >= 4 is 0 Å². The lowest BCUT2D eigenvalue weighted by Gasteiger charge is -2.17. The molecule has 1 aromatic carbocycles. The number of aliphatic hydroxyl groups is 1. The average molecular weight is 258 g/mol. The van der Waals surface area contributed by atoms with Crippen LogP contribution in [0, 0.1) is 0 Å². The van der Waals surface area contributed by atoms with Gasteiger partial charge in [0.2, 0.25) is 0 Å². The van der Waals surface area contributed by atoms with Crippen molar-refractivity contribution in [3.05, 3.63) is 48.0 Å². The topological polar surface area (TPSA) is 54.2 Å². The Kier molecular flexibility index (Phi) is 3.57. The molecule has 1 atom stereocenters. The molecule has 1 saturated heterocycles. The number of nitrogens with zero attached hydrogens (tertiary/aromatic N) is 4. The summed E-state index contributed by atoms with van der Waals surface area (Å²) in [7, 11) is 0. The second-order valence-corrected chi connectivity index (χ2v) is 4.90. The van der Waals surface area contributed by atoms with E-state index < -0.39 is 6.10 Å². The molecule has 5 heteroatoms. The Morgan fingerprint density at radius 1 is 1.16 bits per heavy atom. The first-order valence-electron chi connectivity index (χ1n) is 6.67. The second-order valence-electron chi connectivity index (χ2n) is 4.90. The summed E-state index contributed by atoms with van der Waals surface area (Å²) in [6.45, 7) is 2.90. The Balaban J connectivity index is 1.79. The minimum absolute atomic E-state index is 0.609. The highest BCUT2D eigenvalue weighted by molar-refractivity contribution is 5.22. The summed E-state index contributed by atoms with van der Waals surface area (Å²) < 4.78 is 1.79. The predicted octanol–water partition coefficient (Wildman–Crippen LogP) is 1.41. The molecule has 19 heavy (non-hydrogen) atoms. The molecule has 2 aromatic rings. The monoisotopic (exact) mass is 258 g/mol. The van der Waals surface area contributed by atoms with Crippen molar-refractivity contribution in [2.24, 2.45) is 0 Å². The van der Waals surface area contributed by atoms with Crippen LogP contribution in [-0.2, 0) is 6.67 Å². The first-order chi connectivity index (χ1) is 9.34. The number of rotatable bonds is 4. The molecule has 0 aliphatic carbocycles. The molecule has 1 N–H and O–H groups in total. The van der Waals surface area contributed by atoms with Gasteiger partial charge in [-0.2, -0.15) is 5.10 Å². The molecule has 1 aliphatic heterocycles. The number of aliphatic hydroxyl groups excluding tert-OH is 1. The van der Waals surface area contributed by atoms with Crippen LogP contribution in [0.25, 0.3) is 0 Å². The standard InChI is InChI=1S/C14H18N4O/c19-13(12-6-2-1-3-7-12)14-15-10-16-18(14)11-17-8-4-5-9-17/h1-3,6-7,10,13,19H,4-5,8-9,11H2/t13-/m1/s1. The van der Waals surface area contributed by atoms with Crippen LogP contribution in [-0.4, -0.2) is 37.9 Å². The largest absolute Gasteiger partial charge is 0.380 e. The maximum absolute atomic E-state index is 10.4. The number of hydrogen-bond acceptors (Lipinski definition) is 4. The van der Waals surface area contributed by atoms with Gasteiger partial charge in [-0.15, -0.1) is 0 Å². The van der Waals surface area contributed by atoms with E-state index in [1.54, 1.807) is 4.68 Å². The zero-order valence-corrected chi connectivity index (χ0v) is 10.8. The third-order valence-corrected chi connectivity index (χ3v) is 3.54. The summed E-state index contributed by atoms with van der Waals surface area (Å²) >= 11 is 0. The van der Waals surface area contributed by atoms with Crippen LogP contribution < -0.4 is 0 Å². The van der Waals surface area contributed by atoms with E-state index in [0.29, 0.717) is 12.5 Å². The summed E-state index contributed by atoms with van der Waals surface area (Å²) in [4.78, 5) is 6.54. The fraction of sp³-hybridized carbons (Fsp3) is 0.429. The van der Waals surface area contributed by atoms with E-state index in [2.05, 4.69) is 15.0 Å². The average Bonchev–Trinajstić information content (AvgIpc) is 3.11. The van der Waals surface area contributed by atoms with E-state index in [-0.39, 0.29) is 0 Å². The van der Waals surface area contributed by atoms with Crippen molar-refractivity contribution in [1.82, 2.24) is 19.7 Å². The van der Waals surface area contributed by atoms with Crippen LogP contribution in [0.4, 0.5) is 0 Å². The first-order valence-corrected chi connectivity index (χ1v) is 6.67. The number of likely N-dealkylation sites (tertiary alicyclic amines) is 1. The maximum Gasteiger partial charge on any atom is 0.161 e. The van der Waals surface area contributed by atoms with Gasteiger partial charge in [-0.1, -0.05) is 30.3 Å². The molecule has 0 bridgehead atoms. The fourth-order valence-electron chi connectivity index (χ4n) is 2.49. The SMILES string of the molecule is O[C@H](c1ccccc1)c1ncnn1CN1CCCC1. The van der Waals surface area contributed by atoms with Gasteiger partial charge < -0.3 is 5.11 Å². The number of hydrogen-bond donors (Lipinski definition) is 1. The predicted molar refractivity (Wildman–Crippen MR) is 71.3 cm³/mol. The summed E-state index contributed by atoms with van der Waals surface area (Å²) in [6.07, 6.45) is 3.28. The molecular weight excluding hydrogens is 240 g/mol. The quantitative estimate of drug-likeness (QED) is 0.901. The highest BCUT2D eigenvalue weighted by Gasteiger charge is 2.19. The summed E-state index contributed by atoms with van der Waals surface area (Å²) in [5.74, 6) is 0.609. The van der Waals surface area contributed by atoms with E-state index >= 15 is 0 Å². The van der Waals surface area contributed by atoms with Crippen LogP contribution in [0.5, 0.6) is 0 Å². The summed E-state index contributed by atoms with van der Waals surface area (Å²) in [5.41, 5.74) is 0.846. The highest BCUT2D eigenvalue weighted by Crippen LogP contribution is 2.20. The van der Waals surface area contributed by atoms with Crippen LogP contribution in [0.1, 0.15) is 30.3 Å². The van der Waals surface area contributed by atoms with Crippen molar-refractivity contribution < 1.29 is 5.11 Å². The van der Waals surface area contributed by atoms with Gasteiger partial charge in [-0.05, 0) is 31.5 Å². The molecule has 5 nitrogen and oxygen atoms in total. The van der Waals surface area contributed by atoms with Crippen LogP contribution >= 0.6 is 0 Å². The van der Waals surface area contributed by atoms with Gasteiger partial charge in [0.25, 0.3) is 0 Å². The van der Waals surface area contributed by atoms with Gasteiger partial charge in [0.15, 0.2) is 5.82 Å². The fourth-order valence-corrected chi connectivity index (χ4v) is 2.49. The third-order valence-electron chi connectivity index (χ3n) is 3.54. The third kappa shape index (κ3) is 2.67. The molecule has 1 aromatic heterocycles. The van der Waals surface area contributed by atoms with Gasteiger partial charge >= 0.3 is 0 Å². The van der Waals surface area contributed by atoms with Crippen molar-refractivity contribution in [2.75, 3.05) is 13.1 Å². The molecule has 0 spiro atoms. The van der Waals surface area contributed by atoms with Crippen LogP contribution in [0.2, 0.25) is 0 Å². The highest BCUT2D eigenvalue weighted by atomic mass is 16.3. The summed E-state index contributed by atoms with van der Waals surface area (Å²) in [5, 5.41) is 14.6. The van der Waals surface area contributed by atoms with Crippen LogP contribution in [0.3, 0.4) is 0 Å². The molecule has 1 fully saturated rings. The zero-order valence-electron chi connectivity index (χ0n) is 10.8. The Hall–Kier alpha value is -1.72. The van der Waals surface area contributed by atoms with E-state index in [4.69, 9.17) is 0 Å². The van der Waals surface area contributed by atoms with Gasteiger partial charge in [0.1, 0.15) is 12.4 Å². The lowest BCUT2D eigenvalue weighted by atomic mass is 10.1. The minimum atomic E-state index is -0.716. The molecule has 1 aliphatic rings. The number of aromatic nitrogens is 3. The molecular formula is C14H18N4O. The van der Waals surface area contributed by atoms with Crippen molar-refractivity contribution in [1.29, 1.82) is 0 Å². The summed E-state index contributed by atoms with van der Waals surface area (Å²) in [6, 6.07) is 9.57. The molecule has 0 radical (unpaired) electrons. The Morgan fingerprint density at radius 3 is 2.63 bits per heavy atom. The molecule has 100 valence electrons. The van der Waals surface area contributed by atoms with Crippen molar-refractivity contribution in [3.63, 3.8) is 0 Å². The van der Waals surface area contributed by atoms with E-state index in [1.807, 2.05) is 30.3 Å². The zero-order chi connectivity index (χ0) is 13.1. The lowest BCUT2D eigenvalue weighted by Crippen LogP contribution is -2.25. The van der Waals surface area contributed by atoms with Crippen molar-refractivity contribution in [3.8, 4) is 0 Å². The molecule has 0 unspecified atom stereocenters. The molecule has 2 heterocycles.